The Morgan fingerprint density at radius 2 is 1.86 bits per heavy atom. The van der Waals surface area contributed by atoms with Gasteiger partial charge < -0.3 is 15.4 Å². The van der Waals surface area contributed by atoms with E-state index in [4.69, 9.17) is 4.74 Å². The van der Waals surface area contributed by atoms with Gasteiger partial charge in [-0.2, -0.15) is 13.2 Å². The normalized spacial score (nSPS) is 19.0. The third kappa shape index (κ3) is 7.57. The molecule has 1 saturated heterocycles. The van der Waals surface area contributed by atoms with Crippen molar-refractivity contribution in [2.24, 2.45) is 0 Å². The molecule has 1 heterocycles. The van der Waals surface area contributed by atoms with Gasteiger partial charge in [-0.3, -0.25) is 0 Å². The predicted molar refractivity (Wildman–Crippen MR) is 116 cm³/mol. The number of alkyl halides is 3. The topological polar surface area (TPSA) is 33.3 Å². The fraction of sp³-hybridized carbons (Fsp3) is 0.400. The Labute approximate surface area is 186 Å². The zero-order valence-corrected chi connectivity index (χ0v) is 18.3. The van der Waals surface area contributed by atoms with Crippen LogP contribution in [0.3, 0.4) is 0 Å². The smallest absolute Gasteiger partial charge is 0.446 e. The van der Waals surface area contributed by atoms with Crippen molar-refractivity contribution >= 4 is 36.6 Å². The van der Waals surface area contributed by atoms with Crippen LogP contribution in [0.4, 0.5) is 13.2 Å². The highest BCUT2D eigenvalue weighted by Crippen LogP contribution is 2.38. The van der Waals surface area contributed by atoms with E-state index in [0.29, 0.717) is 12.3 Å². The molecule has 0 saturated carbocycles. The lowest BCUT2D eigenvalue weighted by Gasteiger charge is -2.34. The Balaban J connectivity index is 0.00000210. The molecule has 162 valence electrons. The van der Waals surface area contributed by atoms with Crippen LogP contribution in [0, 0.1) is 0 Å². The zero-order chi connectivity index (χ0) is 19.3. The summed E-state index contributed by atoms with van der Waals surface area (Å²) in [7, 11) is 1.53. The quantitative estimate of drug-likeness (QED) is 0.530. The highest BCUT2D eigenvalue weighted by atomic mass is 35.5. The van der Waals surface area contributed by atoms with E-state index in [-0.39, 0.29) is 53.6 Å². The molecular formula is C20H25Cl2F3N2OS. The maximum absolute atomic E-state index is 12.7. The van der Waals surface area contributed by atoms with Crippen molar-refractivity contribution in [2.45, 2.75) is 41.9 Å². The fourth-order valence-corrected chi connectivity index (χ4v) is 4.05. The van der Waals surface area contributed by atoms with Crippen LogP contribution in [0.15, 0.2) is 53.4 Å². The van der Waals surface area contributed by atoms with Crippen LogP contribution in [-0.4, -0.2) is 25.2 Å². The Kier molecular flexibility index (Phi) is 10.6. The first-order valence-electron chi connectivity index (χ1n) is 8.90. The summed E-state index contributed by atoms with van der Waals surface area (Å²) in [5.74, 6) is 0.592. The van der Waals surface area contributed by atoms with Gasteiger partial charge in [0.25, 0.3) is 0 Å². The maximum atomic E-state index is 12.7. The van der Waals surface area contributed by atoms with Crippen LogP contribution < -0.4 is 15.4 Å². The third-order valence-electron chi connectivity index (χ3n) is 4.66. The number of nitrogens with one attached hydrogen (secondary N) is 2. The van der Waals surface area contributed by atoms with Gasteiger partial charge in [-0.15, -0.1) is 24.8 Å². The minimum Gasteiger partial charge on any atom is -0.496 e. The van der Waals surface area contributed by atoms with Crippen molar-refractivity contribution < 1.29 is 17.9 Å². The second kappa shape index (κ2) is 11.9. The van der Waals surface area contributed by atoms with E-state index >= 15 is 0 Å². The lowest BCUT2D eigenvalue weighted by Crippen LogP contribution is -2.45. The summed E-state index contributed by atoms with van der Waals surface area (Å²) < 4.78 is 43.4. The second-order valence-electron chi connectivity index (χ2n) is 6.49. The summed E-state index contributed by atoms with van der Waals surface area (Å²) in [4.78, 5) is 0.168. The SMILES string of the molecule is COc1ccc(SC(F)(F)F)cc1CNC1CCCNC1c1ccccc1.Cl.Cl. The van der Waals surface area contributed by atoms with Crippen LogP contribution in [-0.2, 0) is 6.54 Å². The maximum Gasteiger partial charge on any atom is 0.446 e. The summed E-state index contributed by atoms with van der Waals surface area (Å²) in [5, 5.41) is 7.06. The van der Waals surface area contributed by atoms with Gasteiger partial charge in [-0.25, -0.2) is 0 Å². The van der Waals surface area contributed by atoms with Gasteiger partial charge in [0.15, 0.2) is 0 Å². The molecule has 3 nitrogen and oxygen atoms in total. The average Bonchev–Trinajstić information content (AvgIpc) is 2.66. The predicted octanol–water partition coefficient (Wildman–Crippen LogP) is 5.73. The monoisotopic (exact) mass is 468 g/mol. The Hall–Kier alpha value is -1.12. The van der Waals surface area contributed by atoms with E-state index in [9.17, 15) is 13.2 Å². The van der Waals surface area contributed by atoms with E-state index in [0.717, 1.165) is 24.9 Å². The number of methoxy groups -OCH3 is 1. The van der Waals surface area contributed by atoms with Crippen molar-refractivity contribution in [3.05, 3.63) is 59.7 Å². The number of thioether (sulfide) groups is 1. The van der Waals surface area contributed by atoms with Crippen molar-refractivity contribution in [1.82, 2.24) is 10.6 Å². The molecule has 1 fully saturated rings. The summed E-state index contributed by atoms with van der Waals surface area (Å²) in [6.45, 7) is 1.41. The van der Waals surface area contributed by atoms with Gasteiger partial charge in [0, 0.05) is 29.1 Å². The van der Waals surface area contributed by atoms with E-state index in [1.165, 1.54) is 18.7 Å². The molecule has 0 spiro atoms. The second-order valence-corrected chi connectivity index (χ2v) is 7.63. The molecule has 2 aromatic carbocycles. The average molecular weight is 469 g/mol. The molecule has 0 bridgehead atoms. The van der Waals surface area contributed by atoms with Crippen LogP contribution in [0.1, 0.15) is 30.0 Å². The first kappa shape index (κ1) is 25.9. The molecule has 0 aromatic heterocycles. The van der Waals surface area contributed by atoms with Crippen LogP contribution in [0.2, 0.25) is 0 Å². The Morgan fingerprint density at radius 3 is 2.52 bits per heavy atom. The first-order chi connectivity index (χ1) is 13.0. The molecule has 1 aliphatic heterocycles. The van der Waals surface area contributed by atoms with Gasteiger partial charge in [0.05, 0.1) is 7.11 Å². The molecule has 9 heteroatoms. The Morgan fingerprint density at radius 1 is 1.14 bits per heavy atom. The Bertz CT molecular complexity index is 750. The van der Waals surface area contributed by atoms with Crippen LogP contribution in [0.5, 0.6) is 5.75 Å². The minimum absolute atomic E-state index is 0. The number of rotatable bonds is 6. The van der Waals surface area contributed by atoms with E-state index in [1.54, 1.807) is 12.1 Å². The zero-order valence-electron chi connectivity index (χ0n) is 15.9. The third-order valence-corrected chi connectivity index (χ3v) is 5.38. The van der Waals surface area contributed by atoms with Gasteiger partial charge >= 0.3 is 5.51 Å². The molecule has 2 atom stereocenters. The largest absolute Gasteiger partial charge is 0.496 e. The molecule has 2 N–H and O–H groups in total. The van der Waals surface area contributed by atoms with E-state index < -0.39 is 5.51 Å². The molecule has 1 aliphatic rings. The summed E-state index contributed by atoms with van der Waals surface area (Å²) in [5.41, 5.74) is -2.36. The number of piperidine rings is 1. The van der Waals surface area contributed by atoms with Crippen molar-refractivity contribution in [3.63, 3.8) is 0 Å². The fourth-order valence-electron chi connectivity index (χ4n) is 3.45. The molecule has 29 heavy (non-hydrogen) atoms. The summed E-state index contributed by atoms with van der Waals surface area (Å²) in [6.07, 6.45) is 2.06. The molecule has 0 amide bonds. The van der Waals surface area contributed by atoms with Gasteiger partial charge in [0.2, 0.25) is 0 Å². The summed E-state index contributed by atoms with van der Waals surface area (Å²) in [6, 6.07) is 15.2. The molecule has 0 aliphatic carbocycles. The number of ether oxygens (including phenoxy) is 1. The standard InChI is InChI=1S/C20H23F3N2OS.2ClH/c1-26-18-10-9-16(27-20(21,22)23)12-15(18)13-25-17-8-5-11-24-19(17)14-6-3-2-4-7-14;;/h2-4,6-7,9-10,12,17,19,24-25H,5,8,11,13H2,1H3;2*1H. The lowest BCUT2D eigenvalue weighted by molar-refractivity contribution is -0.0328. The first-order valence-corrected chi connectivity index (χ1v) is 9.72. The molecular weight excluding hydrogens is 444 g/mol. The van der Waals surface area contributed by atoms with Crippen LogP contribution >= 0.6 is 36.6 Å². The number of halogens is 5. The van der Waals surface area contributed by atoms with Gasteiger partial charge in [0.1, 0.15) is 5.75 Å². The molecule has 2 unspecified atom stereocenters. The van der Waals surface area contributed by atoms with Crippen molar-refractivity contribution in [1.29, 1.82) is 0 Å². The highest BCUT2D eigenvalue weighted by molar-refractivity contribution is 8.00. The van der Waals surface area contributed by atoms with E-state index in [1.807, 2.05) is 18.2 Å². The number of hydrogen-bond donors (Lipinski definition) is 2. The van der Waals surface area contributed by atoms with Crippen molar-refractivity contribution in [2.75, 3.05) is 13.7 Å². The highest BCUT2D eigenvalue weighted by Gasteiger charge is 2.30. The molecule has 3 rings (SSSR count). The number of hydrogen-bond acceptors (Lipinski definition) is 4. The summed E-state index contributed by atoms with van der Waals surface area (Å²) >= 11 is -0.103. The van der Waals surface area contributed by atoms with E-state index in [2.05, 4.69) is 22.8 Å². The lowest BCUT2D eigenvalue weighted by atomic mass is 9.92. The van der Waals surface area contributed by atoms with Crippen molar-refractivity contribution in [3.8, 4) is 5.75 Å². The minimum atomic E-state index is -4.30. The molecule has 0 radical (unpaired) electrons. The van der Waals surface area contributed by atoms with Gasteiger partial charge in [-0.05, 0) is 54.9 Å². The van der Waals surface area contributed by atoms with Gasteiger partial charge in [-0.1, -0.05) is 30.3 Å². The molecule has 2 aromatic rings. The van der Waals surface area contributed by atoms with Crippen LogP contribution in [0.25, 0.3) is 0 Å². The number of benzene rings is 2.